The van der Waals surface area contributed by atoms with Crippen LogP contribution in [0.2, 0.25) is 0 Å². The third kappa shape index (κ3) is 3.60. The fraction of sp³-hybridized carbons (Fsp3) is 0.105. The van der Waals surface area contributed by atoms with Gasteiger partial charge in [0.25, 0.3) is 0 Å². The number of methoxy groups -OCH3 is 1. The predicted molar refractivity (Wildman–Crippen MR) is 86.3 cm³/mol. The summed E-state index contributed by atoms with van der Waals surface area (Å²) in [6.07, 6.45) is 3.79. The summed E-state index contributed by atoms with van der Waals surface area (Å²) in [4.78, 5) is 24.3. The van der Waals surface area contributed by atoms with Gasteiger partial charge in [0.2, 0.25) is 12.3 Å². The van der Waals surface area contributed by atoms with Crippen molar-refractivity contribution in [3.63, 3.8) is 0 Å². The maximum absolute atomic E-state index is 12.6. The summed E-state index contributed by atoms with van der Waals surface area (Å²) in [5.74, 6) is -0.635. The van der Waals surface area contributed by atoms with Crippen LogP contribution in [0.25, 0.3) is 10.8 Å². The molecule has 0 N–H and O–H groups in total. The van der Waals surface area contributed by atoms with Crippen LogP contribution in [0.1, 0.15) is 20.7 Å². The zero-order valence-electron chi connectivity index (χ0n) is 13.1. The smallest absolute Gasteiger partial charge is 0.338 e. The summed E-state index contributed by atoms with van der Waals surface area (Å²) in [5.41, 5.74) is 0.668. The molecule has 0 saturated carbocycles. The standard InChI is InChI=1S/C19H16NO3.ClH/c1-23-19(22)17-9-5-4-8-16(17)18(21)13-20-11-10-14-6-2-3-7-15(14)12-20;/h2-12H,13H2,1H3;1H/q+1;/p-1. The topological polar surface area (TPSA) is 47.3 Å². The van der Waals surface area contributed by atoms with E-state index in [4.69, 9.17) is 4.74 Å². The molecular weight excluding hydrogens is 326 g/mol. The maximum atomic E-state index is 12.6. The van der Waals surface area contributed by atoms with E-state index in [2.05, 4.69) is 0 Å². The van der Waals surface area contributed by atoms with Crippen molar-refractivity contribution in [2.45, 2.75) is 6.54 Å². The number of hydrogen-bond acceptors (Lipinski definition) is 3. The van der Waals surface area contributed by atoms with Crippen molar-refractivity contribution in [2.75, 3.05) is 7.11 Å². The first-order valence-corrected chi connectivity index (χ1v) is 7.27. The molecule has 0 aliphatic heterocycles. The number of carbonyl (C=O) groups is 2. The Labute approximate surface area is 146 Å². The van der Waals surface area contributed by atoms with E-state index in [0.717, 1.165) is 10.8 Å². The van der Waals surface area contributed by atoms with Crippen molar-refractivity contribution >= 4 is 22.5 Å². The third-order valence-electron chi connectivity index (χ3n) is 3.71. The average molecular weight is 342 g/mol. The Morgan fingerprint density at radius 1 is 0.917 bits per heavy atom. The fourth-order valence-corrected chi connectivity index (χ4v) is 2.54. The lowest BCUT2D eigenvalue weighted by Gasteiger charge is -2.05. The van der Waals surface area contributed by atoms with Gasteiger partial charge in [0, 0.05) is 17.0 Å². The lowest BCUT2D eigenvalue weighted by atomic mass is 10.0. The summed E-state index contributed by atoms with van der Waals surface area (Å²) in [6.45, 7) is 0.166. The Hall–Kier alpha value is -2.72. The number of nitrogens with zero attached hydrogens (tertiary/aromatic N) is 1. The van der Waals surface area contributed by atoms with Crippen LogP contribution in [0.15, 0.2) is 67.0 Å². The largest absolute Gasteiger partial charge is 1.00 e. The molecule has 0 amide bonds. The summed E-state index contributed by atoms with van der Waals surface area (Å²) in [7, 11) is 1.31. The molecule has 0 bridgehead atoms. The highest BCUT2D eigenvalue weighted by atomic mass is 35.5. The van der Waals surface area contributed by atoms with Crippen molar-refractivity contribution in [2.24, 2.45) is 0 Å². The number of rotatable bonds is 4. The molecule has 3 aromatic rings. The molecule has 24 heavy (non-hydrogen) atoms. The van der Waals surface area contributed by atoms with Crippen LogP contribution in [0, 0.1) is 0 Å². The first kappa shape index (κ1) is 17.6. The number of fused-ring (bicyclic) bond motifs is 1. The zero-order chi connectivity index (χ0) is 16.2. The van der Waals surface area contributed by atoms with Crippen molar-refractivity contribution < 1.29 is 31.3 Å². The highest BCUT2D eigenvalue weighted by Gasteiger charge is 2.20. The number of aromatic nitrogens is 1. The number of Topliss-reactive ketones (excluding diaryl/α,β-unsaturated/α-hetero) is 1. The molecular formula is C19H16ClNO3. The monoisotopic (exact) mass is 341 g/mol. The highest BCUT2D eigenvalue weighted by molar-refractivity contribution is 6.05. The van der Waals surface area contributed by atoms with Gasteiger partial charge in [-0.2, -0.15) is 4.57 Å². The van der Waals surface area contributed by atoms with Gasteiger partial charge >= 0.3 is 5.97 Å². The second-order valence-electron chi connectivity index (χ2n) is 5.21. The Kier molecular flexibility index (Phi) is 5.66. The zero-order valence-corrected chi connectivity index (χ0v) is 13.9. The van der Waals surface area contributed by atoms with E-state index in [-0.39, 0.29) is 24.7 Å². The molecule has 2 aromatic carbocycles. The molecule has 0 unspecified atom stereocenters. The third-order valence-corrected chi connectivity index (χ3v) is 3.71. The van der Waals surface area contributed by atoms with Crippen molar-refractivity contribution in [3.05, 3.63) is 78.1 Å². The van der Waals surface area contributed by atoms with Crippen LogP contribution in [0.3, 0.4) is 0 Å². The first-order valence-electron chi connectivity index (χ1n) is 7.27. The van der Waals surface area contributed by atoms with Crippen molar-refractivity contribution in [1.29, 1.82) is 0 Å². The minimum Gasteiger partial charge on any atom is -1.00 e. The molecule has 0 radical (unpaired) electrons. The lowest BCUT2D eigenvalue weighted by molar-refractivity contribution is -0.681. The second kappa shape index (κ2) is 7.70. The summed E-state index contributed by atoms with van der Waals surface area (Å²) in [6, 6.07) is 16.6. The normalized spacial score (nSPS) is 10.0. The number of pyridine rings is 1. The van der Waals surface area contributed by atoms with Crippen LogP contribution in [-0.4, -0.2) is 18.9 Å². The predicted octanol–water partition coefficient (Wildman–Crippen LogP) is -0.199. The van der Waals surface area contributed by atoms with E-state index in [9.17, 15) is 9.59 Å². The van der Waals surface area contributed by atoms with E-state index >= 15 is 0 Å². The van der Waals surface area contributed by atoms with Crippen LogP contribution < -0.4 is 17.0 Å². The molecule has 3 rings (SSSR count). The maximum Gasteiger partial charge on any atom is 0.338 e. The van der Waals surface area contributed by atoms with Crippen LogP contribution in [0.4, 0.5) is 0 Å². The van der Waals surface area contributed by atoms with E-state index in [0.29, 0.717) is 11.1 Å². The molecule has 0 atom stereocenters. The highest BCUT2D eigenvalue weighted by Crippen LogP contribution is 2.12. The fourth-order valence-electron chi connectivity index (χ4n) is 2.54. The number of ketones is 1. The summed E-state index contributed by atoms with van der Waals surface area (Å²) in [5, 5.41) is 2.18. The van der Waals surface area contributed by atoms with Gasteiger partial charge in [-0.3, -0.25) is 4.79 Å². The van der Waals surface area contributed by atoms with E-state index < -0.39 is 5.97 Å². The Bertz CT molecular complexity index is 892. The summed E-state index contributed by atoms with van der Waals surface area (Å²) < 4.78 is 6.56. The minimum atomic E-state index is -0.502. The van der Waals surface area contributed by atoms with Gasteiger partial charge < -0.3 is 17.1 Å². The summed E-state index contributed by atoms with van der Waals surface area (Å²) >= 11 is 0. The van der Waals surface area contributed by atoms with Gasteiger partial charge in [0.05, 0.1) is 12.7 Å². The number of carbonyl (C=O) groups excluding carboxylic acids is 2. The van der Waals surface area contributed by atoms with E-state index in [1.807, 2.05) is 47.3 Å². The van der Waals surface area contributed by atoms with E-state index in [1.54, 1.807) is 24.3 Å². The average Bonchev–Trinajstić information content (AvgIpc) is 2.61. The number of esters is 1. The second-order valence-corrected chi connectivity index (χ2v) is 5.21. The van der Waals surface area contributed by atoms with Crippen molar-refractivity contribution in [1.82, 2.24) is 0 Å². The lowest BCUT2D eigenvalue weighted by Crippen LogP contribution is -3.00. The SMILES string of the molecule is COC(=O)c1ccccc1C(=O)C[n+]1ccc2ccccc2c1.[Cl-]. The Balaban J connectivity index is 0.00000208. The van der Waals surface area contributed by atoms with E-state index in [1.165, 1.54) is 7.11 Å². The Morgan fingerprint density at radius 3 is 2.25 bits per heavy atom. The molecule has 4 nitrogen and oxygen atoms in total. The first-order chi connectivity index (χ1) is 11.2. The molecule has 1 aromatic heterocycles. The van der Waals surface area contributed by atoms with Gasteiger partial charge in [-0.1, -0.05) is 36.4 Å². The molecule has 122 valence electrons. The molecule has 0 spiro atoms. The number of hydrogen-bond donors (Lipinski definition) is 0. The van der Waals surface area contributed by atoms with Crippen LogP contribution in [0.5, 0.6) is 0 Å². The van der Waals surface area contributed by atoms with Crippen molar-refractivity contribution in [3.8, 4) is 0 Å². The number of halogens is 1. The van der Waals surface area contributed by atoms with Crippen LogP contribution in [-0.2, 0) is 11.3 Å². The van der Waals surface area contributed by atoms with Gasteiger partial charge in [-0.15, -0.1) is 0 Å². The van der Waals surface area contributed by atoms with Gasteiger partial charge in [-0.25, -0.2) is 4.79 Å². The molecule has 5 heteroatoms. The van der Waals surface area contributed by atoms with Gasteiger partial charge in [0.15, 0.2) is 12.4 Å². The van der Waals surface area contributed by atoms with Gasteiger partial charge in [-0.05, 0) is 17.5 Å². The molecule has 0 saturated heterocycles. The van der Waals surface area contributed by atoms with Gasteiger partial charge in [0.1, 0.15) is 0 Å². The molecule has 0 fully saturated rings. The quantitative estimate of drug-likeness (QED) is 0.375. The number of ether oxygens (including phenoxy) is 1. The minimum absolute atomic E-state index is 0. The Morgan fingerprint density at radius 2 is 1.54 bits per heavy atom. The molecule has 1 heterocycles. The molecule has 0 aliphatic carbocycles. The number of benzene rings is 2. The molecule has 0 aliphatic rings. The van der Waals surface area contributed by atoms with Crippen LogP contribution >= 0.6 is 0 Å².